The third-order valence-electron chi connectivity index (χ3n) is 4.07. The summed E-state index contributed by atoms with van der Waals surface area (Å²) in [6.07, 6.45) is 0.332. The zero-order chi connectivity index (χ0) is 19.4. The minimum absolute atomic E-state index is 0.0357. The van der Waals surface area contributed by atoms with E-state index in [0.29, 0.717) is 23.1 Å². The number of benzene rings is 2. The number of amides is 2. The Labute approximate surface area is 163 Å². The number of fused-ring (bicyclic) bond motifs is 1. The molecule has 0 fully saturated rings. The second-order valence-corrected chi connectivity index (χ2v) is 6.82. The Kier molecular flexibility index (Phi) is 5.66. The fourth-order valence-electron chi connectivity index (χ4n) is 2.68. The van der Waals surface area contributed by atoms with Crippen molar-refractivity contribution in [3.8, 4) is 0 Å². The van der Waals surface area contributed by atoms with Crippen LogP contribution < -0.4 is 10.9 Å². The van der Waals surface area contributed by atoms with Crippen molar-refractivity contribution < 1.29 is 24.4 Å². The Bertz CT molecular complexity index is 890. The third kappa shape index (κ3) is 4.22. The fourth-order valence-corrected chi connectivity index (χ4v) is 2.94. The summed E-state index contributed by atoms with van der Waals surface area (Å²) >= 11 is 3.32. The van der Waals surface area contributed by atoms with E-state index < -0.39 is 5.97 Å². The van der Waals surface area contributed by atoms with Gasteiger partial charge in [-0.25, -0.2) is 4.79 Å². The molecule has 3 rings (SSSR count). The van der Waals surface area contributed by atoms with Gasteiger partial charge in [-0.3, -0.25) is 25.1 Å². The van der Waals surface area contributed by atoms with Crippen LogP contribution in [0.3, 0.4) is 0 Å². The number of carbonyl (C=O) groups excluding carboxylic acids is 3. The van der Waals surface area contributed by atoms with Crippen molar-refractivity contribution >= 4 is 39.5 Å². The van der Waals surface area contributed by atoms with Gasteiger partial charge in [-0.2, -0.15) is 0 Å². The zero-order valence-corrected chi connectivity index (χ0v) is 15.9. The Morgan fingerprint density at radius 3 is 2.22 bits per heavy atom. The molecule has 0 saturated carbocycles. The average Bonchev–Trinajstić information content (AvgIpc) is 2.92. The standard InChI is InChI=1S/C19H16BrN3O4/c20-13-9-7-12(8-10-13)17(21)22-27-16(24)6-3-11-23-18(25)14-4-1-2-5-15(14)19(23)26/h1-2,4-5,7-10H,3,6,11H2,(H2,21,22)/p+1. The molecule has 0 spiro atoms. The van der Waals surface area contributed by atoms with E-state index in [9.17, 15) is 14.4 Å². The maximum absolute atomic E-state index is 12.2. The van der Waals surface area contributed by atoms with Crippen LogP contribution in [0.2, 0.25) is 0 Å². The second-order valence-electron chi connectivity index (χ2n) is 5.91. The number of imide groups is 1. The Morgan fingerprint density at radius 2 is 1.63 bits per heavy atom. The first-order valence-corrected chi connectivity index (χ1v) is 9.06. The first kappa shape index (κ1) is 18.8. The number of hydrogen-bond acceptors (Lipinski definition) is 4. The molecule has 0 saturated heterocycles. The molecule has 2 amide bonds. The van der Waals surface area contributed by atoms with E-state index in [1.807, 2.05) is 12.1 Å². The van der Waals surface area contributed by atoms with Gasteiger partial charge < -0.3 is 0 Å². The zero-order valence-electron chi connectivity index (χ0n) is 14.3. The largest absolute Gasteiger partial charge is 0.357 e. The van der Waals surface area contributed by atoms with Gasteiger partial charge in [-0.15, -0.1) is 0 Å². The monoisotopic (exact) mass is 430 g/mol. The minimum atomic E-state index is -0.535. The highest BCUT2D eigenvalue weighted by atomic mass is 79.9. The first-order valence-electron chi connectivity index (χ1n) is 8.26. The summed E-state index contributed by atoms with van der Waals surface area (Å²) < 4.78 is 0.907. The SMILES string of the molecule is NC(=[NH+]OC(=O)CCCN1C(=O)c2ccccc2C1=O)c1ccc(Br)cc1. The molecule has 0 aliphatic carbocycles. The lowest BCUT2D eigenvalue weighted by molar-refractivity contribution is -0.724. The van der Waals surface area contributed by atoms with Crippen LogP contribution in [0, 0.1) is 0 Å². The lowest BCUT2D eigenvalue weighted by atomic mass is 10.1. The van der Waals surface area contributed by atoms with E-state index in [4.69, 9.17) is 10.6 Å². The molecule has 3 N–H and O–H groups in total. The van der Waals surface area contributed by atoms with Crippen LogP contribution >= 0.6 is 15.9 Å². The number of nitrogens with one attached hydrogen (secondary N) is 1. The number of nitrogen functional groups attached to an aromatic ring is 1. The van der Waals surface area contributed by atoms with Crippen molar-refractivity contribution in [2.75, 3.05) is 6.54 Å². The molecule has 1 aliphatic heterocycles. The Morgan fingerprint density at radius 1 is 1.04 bits per heavy atom. The van der Waals surface area contributed by atoms with Crippen LogP contribution in [0.25, 0.3) is 0 Å². The maximum Gasteiger partial charge on any atom is 0.357 e. The van der Waals surface area contributed by atoms with Crippen LogP contribution in [-0.2, 0) is 9.63 Å². The molecule has 2 aromatic carbocycles. The smallest absolute Gasteiger partial charge is 0.284 e. The number of amidine groups is 1. The van der Waals surface area contributed by atoms with Crippen LogP contribution in [0.1, 0.15) is 39.1 Å². The highest BCUT2D eigenvalue weighted by molar-refractivity contribution is 9.10. The fraction of sp³-hybridized carbons (Fsp3) is 0.158. The van der Waals surface area contributed by atoms with Crippen LogP contribution in [0.4, 0.5) is 0 Å². The van der Waals surface area contributed by atoms with Gasteiger partial charge >= 0.3 is 11.8 Å². The number of nitrogens with zero attached hydrogens (tertiary/aromatic N) is 1. The predicted octanol–water partition coefficient (Wildman–Crippen LogP) is 0.770. The maximum atomic E-state index is 12.2. The molecule has 0 radical (unpaired) electrons. The van der Waals surface area contributed by atoms with E-state index in [-0.39, 0.29) is 30.6 Å². The van der Waals surface area contributed by atoms with Crippen molar-refractivity contribution in [3.05, 3.63) is 69.7 Å². The number of carbonyl (C=O) groups is 3. The Hall–Kier alpha value is -3.00. The van der Waals surface area contributed by atoms with Crippen molar-refractivity contribution in [1.29, 1.82) is 0 Å². The molecule has 1 heterocycles. The summed E-state index contributed by atoms with van der Waals surface area (Å²) in [4.78, 5) is 42.4. The number of halogens is 1. The van der Waals surface area contributed by atoms with Crippen molar-refractivity contribution in [2.24, 2.45) is 5.73 Å². The normalized spacial score (nSPS) is 13.7. The molecule has 8 heteroatoms. The summed E-state index contributed by atoms with van der Waals surface area (Å²) in [5.74, 6) is -1.01. The summed E-state index contributed by atoms with van der Waals surface area (Å²) in [6.45, 7) is 0.146. The molecule has 2 aromatic rings. The number of rotatable bonds is 6. The van der Waals surface area contributed by atoms with Gasteiger partial charge in [-0.05, 0) is 42.8 Å². The minimum Gasteiger partial charge on any atom is -0.284 e. The molecule has 1 aliphatic rings. The number of nitrogens with two attached hydrogens (primary N) is 1. The molecule has 0 aromatic heterocycles. The first-order chi connectivity index (χ1) is 13.0. The second kappa shape index (κ2) is 8.13. The van der Waals surface area contributed by atoms with Gasteiger partial charge in [0.2, 0.25) is 0 Å². The van der Waals surface area contributed by atoms with Gasteiger partial charge in [0.25, 0.3) is 11.8 Å². The van der Waals surface area contributed by atoms with Crippen molar-refractivity contribution in [2.45, 2.75) is 12.8 Å². The highest BCUT2D eigenvalue weighted by Crippen LogP contribution is 2.22. The Balaban J connectivity index is 1.49. The van der Waals surface area contributed by atoms with Crippen molar-refractivity contribution in [3.63, 3.8) is 0 Å². The van der Waals surface area contributed by atoms with Gasteiger partial charge in [0, 0.05) is 11.0 Å². The van der Waals surface area contributed by atoms with E-state index in [1.54, 1.807) is 36.4 Å². The molecule has 7 nitrogen and oxygen atoms in total. The van der Waals surface area contributed by atoms with Gasteiger partial charge in [-0.1, -0.05) is 33.2 Å². The highest BCUT2D eigenvalue weighted by Gasteiger charge is 2.34. The molecule has 138 valence electrons. The topological polar surface area (TPSA) is 104 Å². The molecule has 27 heavy (non-hydrogen) atoms. The summed E-state index contributed by atoms with van der Waals surface area (Å²) in [5, 5.41) is 2.41. The molecule has 0 atom stereocenters. The molecule has 0 bridgehead atoms. The van der Waals surface area contributed by atoms with E-state index in [1.165, 1.54) is 0 Å². The van der Waals surface area contributed by atoms with Gasteiger partial charge in [0.05, 0.1) is 23.1 Å². The summed E-state index contributed by atoms with van der Waals surface area (Å²) in [6, 6.07) is 13.8. The van der Waals surface area contributed by atoms with Crippen LogP contribution in [-0.4, -0.2) is 35.1 Å². The number of hydrogen-bond donors (Lipinski definition) is 2. The molecule has 0 unspecified atom stereocenters. The third-order valence-corrected chi connectivity index (χ3v) is 4.60. The predicted molar refractivity (Wildman–Crippen MR) is 101 cm³/mol. The van der Waals surface area contributed by atoms with Gasteiger partial charge in [0.15, 0.2) is 0 Å². The van der Waals surface area contributed by atoms with Crippen LogP contribution in [0.5, 0.6) is 0 Å². The lowest BCUT2D eigenvalue weighted by Gasteiger charge is -2.12. The quantitative estimate of drug-likeness (QED) is 0.231. The van der Waals surface area contributed by atoms with Gasteiger partial charge in [0.1, 0.15) is 0 Å². The molecular weight excluding hydrogens is 414 g/mol. The summed E-state index contributed by atoms with van der Waals surface area (Å²) in [7, 11) is 0. The molecular formula is C19H17BrN3O4+. The average molecular weight is 431 g/mol. The lowest BCUT2D eigenvalue weighted by Crippen LogP contribution is -2.75. The van der Waals surface area contributed by atoms with Crippen LogP contribution in [0.15, 0.2) is 53.0 Å². The van der Waals surface area contributed by atoms with E-state index in [0.717, 1.165) is 9.37 Å². The summed E-state index contributed by atoms with van der Waals surface area (Å²) in [5.41, 5.74) is 7.28. The van der Waals surface area contributed by atoms with E-state index in [2.05, 4.69) is 21.1 Å². The van der Waals surface area contributed by atoms with Crippen molar-refractivity contribution in [1.82, 2.24) is 4.90 Å². The van der Waals surface area contributed by atoms with E-state index >= 15 is 0 Å².